The van der Waals surface area contributed by atoms with Crippen molar-refractivity contribution in [1.82, 2.24) is 24.3 Å². The van der Waals surface area contributed by atoms with Gasteiger partial charge in [0.2, 0.25) is 0 Å². The summed E-state index contributed by atoms with van der Waals surface area (Å²) < 4.78 is 4.02. The third-order valence-electron chi connectivity index (χ3n) is 5.50. The molecule has 3 aromatic heterocycles. The van der Waals surface area contributed by atoms with Crippen LogP contribution in [0, 0.1) is 6.92 Å². The van der Waals surface area contributed by atoms with Gasteiger partial charge in [0, 0.05) is 36.1 Å². The van der Waals surface area contributed by atoms with Crippen LogP contribution in [-0.4, -0.2) is 36.0 Å². The van der Waals surface area contributed by atoms with E-state index < -0.39 is 0 Å². The number of pyridine rings is 1. The van der Waals surface area contributed by atoms with Crippen LogP contribution in [-0.2, 0) is 17.9 Å². The molecule has 0 aliphatic rings. The van der Waals surface area contributed by atoms with E-state index in [1.54, 1.807) is 12.4 Å². The highest BCUT2D eigenvalue weighted by Crippen LogP contribution is 2.25. The van der Waals surface area contributed by atoms with E-state index >= 15 is 0 Å². The predicted molar refractivity (Wildman–Crippen MR) is 143 cm³/mol. The zero-order valence-corrected chi connectivity index (χ0v) is 21.3. The molecule has 1 amide bonds. The maximum atomic E-state index is 12.8. The fraction of sp³-hybridized carbons (Fsp3) is 0.148. The van der Waals surface area contributed by atoms with Crippen LogP contribution >= 0.6 is 23.1 Å². The summed E-state index contributed by atoms with van der Waals surface area (Å²) in [5, 5.41) is 11.4. The van der Waals surface area contributed by atoms with Crippen molar-refractivity contribution in [1.29, 1.82) is 0 Å². The van der Waals surface area contributed by atoms with Crippen molar-refractivity contribution >= 4 is 29.0 Å². The first kappa shape index (κ1) is 23.9. The van der Waals surface area contributed by atoms with Crippen LogP contribution in [0.25, 0.3) is 11.4 Å². The number of hydrogen-bond donors (Lipinski definition) is 0. The lowest BCUT2D eigenvalue weighted by molar-refractivity contribution is -0.115. The van der Waals surface area contributed by atoms with Crippen molar-refractivity contribution < 1.29 is 4.79 Å². The van der Waals surface area contributed by atoms with E-state index in [1.165, 1.54) is 34.2 Å². The lowest BCUT2D eigenvalue weighted by atomic mass is 10.1. The quantitative estimate of drug-likeness (QED) is 0.278. The Morgan fingerprint density at radius 3 is 2.56 bits per heavy atom. The molecule has 5 aromatic rings. The molecule has 0 aliphatic heterocycles. The normalized spacial score (nSPS) is 11.6. The van der Waals surface area contributed by atoms with Crippen LogP contribution in [0.2, 0.25) is 0 Å². The van der Waals surface area contributed by atoms with Crippen LogP contribution in [0.1, 0.15) is 16.7 Å². The zero-order chi connectivity index (χ0) is 24.7. The number of amides is 1. The molecule has 36 heavy (non-hydrogen) atoms. The molecule has 2 aromatic carbocycles. The molecular weight excluding hydrogens is 488 g/mol. The number of carbonyl (C=O) groups is 1. The van der Waals surface area contributed by atoms with Gasteiger partial charge in [-0.3, -0.25) is 14.3 Å². The second-order valence-electron chi connectivity index (χ2n) is 8.21. The largest absolute Gasteiger partial charge is 0.319 e. The van der Waals surface area contributed by atoms with E-state index in [1.807, 2.05) is 51.0 Å². The minimum absolute atomic E-state index is 0.169. The van der Waals surface area contributed by atoms with Crippen LogP contribution in [0.4, 0.5) is 0 Å². The number of aromatic nitrogens is 5. The van der Waals surface area contributed by atoms with E-state index in [4.69, 9.17) is 0 Å². The van der Waals surface area contributed by atoms with Crippen LogP contribution < -0.4 is 4.80 Å². The molecule has 0 bridgehead atoms. The molecule has 0 N–H and O–H groups in total. The molecular formula is C27H24N6OS2. The summed E-state index contributed by atoms with van der Waals surface area (Å²) in [6, 6.07) is 22.3. The Labute approximate surface area is 217 Å². The lowest BCUT2D eigenvalue weighted by Gasteiger charge is -2.10. The summed E-state index contributed by atoms with van der Waals surface area (Å²) in [6.07, 6.45) is 5.46. The van der Waals surface area contributed by atoms with E-state index in [0.29, 0.717) is 28.9 Å². The lowest BCUT2D eigenvalue weighted by Crippen LogP contribution is -2.17. The Kier molecular flexibility index (Phi) is 7.49. The number of benzene rings is 2. The van der Waals surface area contributed by atoms with Crippen molar-refractivity contribution in [2.24, 2.45) is 4.99 Å². The number of hydrogen-bond acceptors (Lipinski definition) is 6. The Hall–Kier alpha value is -3.82. The van der Waals surface area contributed by atoms with Gasteiger partial charge in [-0.25, -0.2) is 0 Å². The Balaban J connectivity index is 1.34. The van der Waals surface area contributed by atoms with Crippen LogP contribution in [0.3, 0.4) is 0 Å². The maximum absolute atomic E-state index is 12.8. The summed E-state index contributed by atoms with van der Waals surface area (Å²) in [4.78, 5) is 22.1. The summed E-state index contributed by atoms with van der Waals surface area (Å²) in [5.74, 6) is 0.674. The van der Waals surface area contributed by atoms with Crippen LogP contribution in [0.5, 0.6) is 0 Å². The number of aryl methyl sites for hydroxylation is 1. The zero-order valence-electron chi connectivity index (χ0n) is 19.7. The highest BCUT2D eigenvalue weighted by atomic mass is 32.2. The standard InChI is InChI=1S/C27H24N6OS2/c1-20-9-11-22(12-10-20)17-32-14-15-35-26(32)29-24(34)19-36-27-31-30-25(23-8-5-13-28-16-23)33(27)18-21-6-3-2-4-7-21/h2-16H,17-19H2,1H3. The molecule has 0 spiro atoms. The van der Waals surface area contributed by atoms with Gasteiger partial charge in [0.25, 0.3) is 5.91 Å². The molecule has 9 heteroatoms. The summed E-state index contributed by atoms with van der Waals surface area (Å²) in [5.41, 5.74) is 4.38. The SMILES string of the molecule is Cc1ccc(Cn2ccsc2=NC(=O)CSc2nnc(-c3cccnc3)n2Cc2ccccc2)cc1. The molecule has 3 heterocycles. The first-order valence-corrected chi connectivity index (χ1v) is 13.3. The minimum Gasteiger partial charge on any atom is -0.319 e. The number of thioether (sulfide) groups is 1. The van der Waals surface area contributed by atoms with Gasteiger partial charge in [0.15, 0.2) is 15.8 Å². The number of carbonyl (C=O) groups excluding carboxylic acids is 1. The molecule has 0 saturated heterocycles. The molecule has 5 rings (SSSR count). The molecule has 0 atom stereocenters. The average molecular weight is 513 g/mol. The second-order valence-corrected chi connectivity index (χ2v) is 10.0. The van der Waals surface area contributed by atoms with Crippen LogP contribution in [0.15, 0.2) is 101 Å². The Bertz CT molecular complexity index is 1510. The molecule has 0 aliphatic carbocycles. The monoisotopic (exact) mass is 512 g/mol. The van der Waals surface area contributed by atoms with Gasteiger partial charge < -0.3 is 4.57 Å². The Morgan fingerprint density at radius 2 is 1.78 bits per heavy atom. The molecule has 0 fully saturated rings. The first-order valence-electron chi connectivity index (χ1n) is 11.4. The third-order valence-corrected chi connectivity index (χ3v) is 7.24. The van der Waals surface area contributed by atoms with E-state index in [2.05, 4.69) is 63.5 Å². The highest BCUT2D eigenvalue weighted by Gasteiger charge is 2.16. The van der Waals surface area contributed by atoms with Gasteiger partial charge in [0.1, 0.15) is 0 Å². The predicted octanol–water partition coefficient (Wildman–Crippen LogP) is 4.83. The van der Waals surface area contributed by atoms with Gasteiger partial charge in [-0.2, -0.15) is 4.99 Å². The third kappa shape index (κ3) is 5.87. The number of nitrogens with zero attached hydrogens (tertiary/aromatic N) is 6. The molecule has 7 nitrogen and oxygen atoms in total. The van der Waals surface area contributed by atoms with Gasteiger partial charge in [-0.15, -0.1) is 21.5 Å². The summed E-state index contributed by atoms with van der Waals surface area (Å²) >= 11 is 2.80. The van der Waals surface area contributed by atoms with E-state index in [9.17, 15) is 4.79 Å². The molecule has 180 valence electrons. The topological polar surface area (TPSA) is 78.0 Å². The number of thiazole rings is 1. The van der Waals surface area contributed by atoms with Crippen molar-refractivity contribution in [3.8, 4) is 11.4 Å². The summed E-state index contributed by atoms with van der Waals surface area (Å²) in [6.45, 7) is 3.33. The van der Waals surface area contributed by atoms with Gasteiger partial charge in [-0.05, 0) is 30.2 Å². The smallest absolute Gasteiger partial charge is 0.258 e. The van der Waals surface area contributed by atoms with Gasteiger partial charge >= 0.3 is 0 Å². The Morgan fingerprint density at radius 1 is 0.972 bits per heavy atom. The second kappa shape index (κ2) is 11.3. The maximum Gasteiger partial charge on any atom is 0.258 e. The minimum atomic E-state index is -0.211. The molecule has 0 unspecified atom stereocenters. The summed E-state index contributed by atoms with van der Waals surface area (Å²) in [7, 11) is 0. The van der Waals surface area contributed by atoms with Crippen molar-refractivity contribution in [3.05, 3.63) is 112 Å². The first-order chi connectivity index (χ1) is 17.7. The van der Waals surface area contributed by atoms with E-state index in [-0.39, 0.29) is 11.7 Å². The van der Waals surface area contributed by atoms with Gasteiger partial charge in [-0.1, -0.05) is 71.9 Å². The average Bonchev–Trinajstić information content (AvgIpc) is 3.51. The number of rotatable bonds is 8. The molecule has 0 radical (unpaired) electrons. The van der Waals surface area contributed by atoms with Crippen molar-refractivity contribution in [3.63, 3.8) is 0 Å². The van der Waals surface area contributed by atoms with E-state index in [0.717, 1.165) is 11.1 Å². The highest BCUT2D eigenvalue weighted by molar-refractivity contribution is 7.99. The fourth-order valence-corrected chi connectivity index (χ4v) is 5.14. The molecule has 0 saturated carbocycles. The fourth-order valence-electron chi connectivity index (χ4n) is 3.68. The van der Waals surface area contributed by atoms with Crippen molar-refractivity contribution in [2.75, 3.05) is 5.75 Å². The van der Waals surface area contributed by atoms with Gasteiger partial charge in [0.05, 0.1) is 12.3 Å². The van der Waals surface area contributed by atoms with Crippen molar-refractivity contribution in [2.45, 2.75) is 25.2 Å².